The number of ether oxygens (including phenoxy) is 1. The van der Waals surface area contributed by atoms with Crippen LogP contribution in [0.3, 0.4) is 0 Å². The summed E-state index contributed by atoms with van der Waals surface area (Å²) in [7, 11) is 0. The molecule has 0 heterocycles. The Kier molecular flexibility index (Phi) is 9.11. The molecule has 0 aliphatic carbocycles. The number of carbonyl (C=O) groups excluding carboxylic acids is 1. The largest absolute Gasteiger partial charge is 0.478 e. The fourth-order valence-corrected chi connectivity index (χ4v) is 1.47. The number of esters is 1. The van der Waals surface area contributed by atoms with Gasteiger partial charge in [-0.2, -0.15) is 0 Å². The lowest BCUT2D eigenvalue weighted by molar-refractivity contribution is -0.143. The van der Waals surface area contributed by atoms with E-state index in [0.29, 0.717) is 0 Å². The number of carboxylic acid groups (broad SMARTS) is 1. The zero-order valence-electron chi connectivity index (χ0n) is 10.6. The van der Waals surface area contributed by atoms with E-state index in [4.69, 9.17) is 9.84 Å². The molecule has 0 aliphatic rings. The molecule has 0 aromatic rings. The van der Waals surface area contributed by atoms with Gasteiger partial charge >= 0.3 is 11.9 Å². The molecular formula is C13H22O4. The molecular weight excluding hydrogens is 220 g/mol. The number of carboxylic acids is 1. The van der Waals surface area contributed by atoms with Gasteiger partial charge in [0.15, 0.2) is 0 Å². The standard InChI is InChI=1S/C13H22O4/c1-3-4-5-6-7-8-11(2)17-13(16)10-9-12(14)15/h9-11H,3-8H2,1-2H3,(H,14,15)/b10-9-. The van der Waals surface area contributed by atoms with Gasteiger partial charge in [-0.25, -0.2) is 9.59 Å². The van der Waals surface area contributed by atoms with Crippen molar-refractivity contribution in [1.82, 2.24) is 0 Å². The summed E-state index contributed by atoms with van der Waals surface area (Å²) >= 11 is 0. The molecule has 0 aromatic heterocycles. The number of rotatable bonds is 9. The normalized spacial score (nSPS) is 12.6. The second-order valence-electron chi connectivity index (χ2n) is 4.12. The van der Waals surface area contributed by atoms with E-state index in [2.05, 4.69) is 6.92 Å². The zero-order valence-corrected chi connectivity index (χ0v) is 10.6. The number of hydrogen-bond acceptors (Lipinski definition) is 3. The van der Waals surface area contributed by atoms with E-state index in [0.717, 1.165) is 31.4 Å². The van der Waals surface area contributed by atoms with Gasteiger partial charge in [0.25, 0.3) is 0 Å². The van der Waals surface area contributed by atoms with Crippen LogP contribution in [0.4, 0.5) is 0 Å². The third-order valence-corrected chi connectivity index (χ3v) is 2.39. The van der Waals surface area contributed by atoms with Crippen molar-refractivity contribution in [1.29, 1.82) is 0 Å². The van der Waals surface area contributed by atoms with Crippen molar-refractivity contribution < 1.29 is 19.4 Å². The number of hydrogen-bond donors (Lipinski definition) is 1. The number of unbranched alkanes of at least 4 members (excludes halogenated alkanes) is 4. The molecule has 0 bridgehead atoms. The van der Waals surface area contributed by atoms with Gasteiger partial charge < -0.3 is 9.84 Å². The second-order valence-corrected chi connectivity index (χ2v) is 4.12. The summed E-state index contributed by atoms with van der Waals surface area (Å²) in [5.74, 6) is -1.73. The molecule has 0 amide bonds. The SMILES string of the molecule is CCCCCCCC(C)OC(=O)/C=C\C(=O)O. The first-order valence-corrected chi connectivity index (χ1v) is 6.18. The van der Waals surface area contributed by atoms with Gasteiger partial charge in [-0.1, -0.05) is 32.6 Å². The van der Waals surface area contributed by atoms with Crippen molar-refractivity contribution in [3.8, 4) is 0 Å². The Morgan fingerprint density at radius 3 is 2.41 bits per heavy atom. The van der Waals surface area contributed by atoms with Crippen LogP contribution >= 0.6 is 0 Å². The monoisotopic (exact) mass is 242 g/mol. The smallest absolute Gasteiger partial charge is 0.331 e. The fraction of sp³-hybridized carbons (Fsp3) is 0.692. The van der Waals surface area contributed by atoms with Crippen molar-refractivity contribution >= 4 is 11.9 Å². The molecule has 0 saturated carbocycles. The van der Waals surface area contributed by atoms with Crippen molar-refractivity contribution in [2.45, 2.75) is 58.5 Å². The summed E-state index contributed by atoms with van der Waals surface area (Å²) in [5.41, 5.74) is 0. The van der Waals surface area contributed by atoms with E-state index in [9.17, 15) is 9.59 Å². The van der Waals surface area contributed by atoms with E-state index in [1.165, 1.54) is 19.3 Å². The van der Waals surface area contributed by atoms with Gasteiger partial charge in [-0.05, 0) is 19.8 Å². The first kappa shape index (κ1) is 15.7. The van der Waals surface area contributed by atoms with Crippen LogP contribution < -0.4 is 0 Å². The Bertz CT molecular complexity index is 258. The number of carbonyl (C=O) groups is 2. The average molecular weight is 242 g/mol. The second kappa shape index (κ2) is 9.87. The zero-order chi connectivity index (χ0) is 13.1. The minimum Gasteiger partial charge on any atom is -0.478 e. The highest BCUT2D eigenvalue weighted by Crippen LogP contribution is 2.09. The molecule has 0 spiro atoms. The van der Waals surface area contributed by atoms with Crippen LogP contribution in [0.5, 0.6) is 0 Å². The third-order valence-electron chi connectivity index (χ3n) is 2.39. The maximum Gasteiger partial charge on any atom is 0.331 e. The van der Waals surface area contributed by atoms with Crippen LogP contribution in [-0.4, -0.2) is 23.1 Å². The summed E-state index contributed by atoms with van der Waals surface area (Å²) in [4.78, 5) is 21.3. The minimum absolute atomic E-state index is 0.150. The van der Waals surface area contributed by atoms with Crippen molar-refractivity contribution in [2.75, 3.05) is 0 Å². The summed E-state index contributed by atoms with van der Waals surface area (Å²) in [6, 6.07) is 0. The van der Waals surface area contributed by atoms with Crippen LogP contribution in [0.15, 0.2) is 12.2 Å². The molecule has 1 unspecified atom stereocenters. The lowest BCUT2D eigenvalue weighted by Crippen LogP contribution is -2.13. The van der Waals surface area contributed by atoms with E-state index in [-0.39, 0.29) is 6.10 Å². The van der Waals surface area contributed by atoms with Crippen LogP contribution in [0.2, 0.25) is 0 Å². The van der Waals surface area contributed by atoms with Gasteiger partial charge in [0.05, 0.1) is 6.10 Å². The Balaban J connectivity index is 3.60. The molecule has 0 saturated heterocycles. The molecule has 4 nitrogen and oxygen atoms in total. The maximum absolute atomic E-state index is 11.1. The molecule has 1 N–H and O–H groups in total. The molecule has 0 aliphatic heterocycles. The summed E-state index contributed by atoms with van der Waals surface area (Å²) < 4.78 is 5.02. The summed E-state index contributed by atoms with van der Waals surface area (Å²) in [6.07, 6.45) is 8.28. The molecule has 0 aromatic carbocycles. The van der Waals surface area contributed by atoms with E-state index >= 15 is 0 Å². The van der Waals surface area contributed by atoms with E-state index < -0.39 is 11.9 Å². The quantitative estimate of drug-likeness (QED) is 0.383. The highest BCUT2D eigenvalue weighted by atomic mass is 16.5. The first-order chi connectivity index (χ1) is 8.06. The van der Waals surface area contributed by atoms with Crippen molar-refractivity contribution in [3.05, 3.63) is 12.2 Å². The highest BCUT2D eigenvalue weighted by molar-refractivity contribution is 5.90. The lowest BCUT2D eigenvalue weighted by Gasteiger charge is -2.11. The predicted octanol–water partition coefficient (Wildman–Crippen LogP) is 2.92. The number of aliphatic carboxylic acids is 1. The minimum atomic E-state index is -1.14. The Morgan fingerprint density at radius 2 is 1.82 bits per heavy atom. The first-order valence-electron chi connectivity index (χ1n) is 6.18. The van der Waals surface area contributed by atoms with Crippen molar-refractivity contribution in [3.63, 3.8) is 0 Å². The fourth-order valence-electron chi connectivity index (χ4n) is 1.47. The molecule has 0 radical (unpaired) electrons. The molecule has 0 fully saturated rings. The Labute approximate surface area is 103 Å². The summed E-state index contributed by atoms with van der Waals surface area (Å²) in [5, 5.41) is 8.33. The molecule has 98 valence electrons. The Hall–Kier alpha value is -1.32. The molecule has 1 atom stereocenters. The average Bonchev–Trinajstić information content (AvgIpc) is 2.26. The van der Waals surface area contributed by atoms with Crippen LogP contribution in [0.1, 0.15) is 52.4 Å². The Morgan fingerprint density at radius 1 is 1.18 bits per heavy atom. The molecule has 4 heteroatoms. The van der Waals surface area contributed by atoms with Gasteiger partial charge in [0, 0.05) is 12.2 Å². The third kappa shape index (κ3) is 11.0. The van der Waals surface area contributed by atoms with E-state index in [1.54, 1.807) is 0 Å². The van der Waals surface area contributed by atoms with Gasteiger partial charge in [-0.3, -0.25) is 0 Å². The topological polar surface area (TPSA) is 63.6 Å². The highest BCUT2D eigenvalue weighted by Gasteiger charge is 2.06. The van der Waals surface area contributed by atoms with E-state index in [1.807, 2.05) is 6.92 Å². The molecule has 17 heavy (non-hydrogen) atoms. The van der Waals surface area contributed by atoms with Crippen molar-refractivity contribution in [2.24, 2.45) is 0 Å². The van der Waals surface area contributed by atoms with Crippen LogP contribution in [-0.2, 0) is 14.3 Å². The predicted molar refractivity (Wildman–Crippen MR) is 65.7 cm³/mol. The van der Waals surface area contributed by atoms with Crippen LogP contribution in [0.25, 0.3) is 0 Å². The summed E-state index contributed by atoms with van der Waals surface area (Å²) in [6.45, 7) is 3.99. The van der Waals surface area contributed by atoms with Crippen LogP contribution in [0, 0.1) is 0 Å². The lowest BCUT2D eigenvalue weighted by atomic mass is 10.1. The maximum atomic E-state index is 11.1. The molecule has 0 rings (SSSR count). The van der Waals surface area contributed by atoms with Gasteiger partial charge in [-0.15, -0.1) is 0 Å². The van der Waals surface area contributed by atoms with Gasteiger partial charge in [0.1, 0.15) is 0 Å². The van der Waals surface area contributed by atoms with Gasteiger partial charge in [0.2, 0.25) is 0 Å².